The molecular weight excluding hydrogens is 391 g/mol. The number of hydrogen-bond donors (Lipinski definition) is 2. The molecule has 1 aromatic carbocycles. The van der Waals surface area contributed by atoms with Crippen LogP contribution in [0.4, 0.5) is 18.9 Å². The van der Waals surface area contributed by atoms with Crippen LogP contribution < -0.4 is 5.43 Å². The number of rotatable bonds is 3. The smallest absolute Gasteiger partial charge is 0.435 e. The van der Waals surface area contributed by atoms with E-state index in [0.29, 0.717) is 16.5 Å². The van der Waals surface area contributed by atoms with Crippen LogP contribution >= 0.6 is 15.9 Å². The van der Waals surface area contributed by atoms with E-state index < -0.39 is 29.0 Å². The summed E-state index contributed by atoms with van der Waals surface area (Å²) in [5.74, 6) is -1.40. The molecule has 0 fully saturated rings. The van der Waals surface area contributed by atoms with Gasteiger partial charge in [0.1, 0.15) is 11.8 Å². The number of hydrogen-bond acceptors (Lipinski definition) is 5. The molecule has 1 aromatic rings. The van der Waals surface area contributed by atoms with Crippen molar-refractivity contribution in [1.82, 2.24) is 0 Å². The Kier molecular flexibility index (Phi) is 5.29. The molecule has 9 heteroatoms. The number of halogens is 4. The second-order valence-electron chi connectivity index (χ2n) is 4.97. The van der Waals surface area contributed by atoms with Gasteiger partial charge in [-0.3, -0.25) is 10.2 Å². The van der Waals surface area contributed by atoms with E-state index in [4.69, 9.17) is 5.26 Å². The van der Waals surface area contributed by atoms with E-state index in [1.807, 2.05) is 6.07 Å². The molecule has 0 aromatic heterocycles. The number of nitrogens with zero attached hydrogens (tertiary/aromatic N) is 2. The summed E-state index contributed by atoms with van der Waals surface area (Å²) in [5.41, 5.74) is 0.443. The molecular formula is C15H11BrF3N3O2. The van der Waals surface area contributed by atoms with Gasteiger partial charge in [0.15, 0.2) is 11.5 Å². The summed E-state index contributed by atoms with van der Waals surface area (Å²) in [6, 6.07) is 6.05. The molecule has 0 saturated heterocycles. The first-order chi connectivity index (χ1) is 11.2. The van der Waals surface area contributed by atoms with Gasteiger partial charge < -0.3 is 5.11 Å². The van der Waals surface area contributed by atoms with E-state index in [1.165, 1.54) is 18.2 Å². The summed E-state index contributed by atoms with van der Waals surface area (Å²) in [4.78, 5) is 11.8. The molecule has 0 radical (unpaired) electrons. The first-order valence-electron chi connectivity index (χ1n) is 6.80. The fraction of sp³-hybridized carbons (Fsp3) is 0.267. The molecule has 2 N–H and O–H groups in total. The molecule has 2 rings (SSSR count). The summed E-state index contributed by atoms with van der Waals surface area (Å²) >= 11 is 3.11. The Bertz CT molecular complexity index is 779. The van der Waals surface area contributed by atoms with Crippen molar-refractivity contribution in [1.29, 1.82) is 5.26 Å². The third-order valence-corrected chi connectivity index (χ3v) is 3.93. The molecule has 0 atom stereocenters. The van der Waals surface area contributed by atoms with Gasteiger partial charge in [-0.15, -0.1) is 0 Å². The largest absolute Gasteiger partial charge is 0.511 e. The van der Waals surface area contributed by atoms with Crippen LogP contribution in [0.15, 0.2) is 39.1 Å². The summed E-state index contributed by atoms with van der Waals surface area (Å²) < 4.78 is 40.1. The molecule has 0 aliphatic heterocycles. The van der Waals surface area contributed by atoms with Crippen molar-refractivity contribution < 1.29 is 23.1 Å². The molecule has 1 aliphatic carbocycles. The van der Waals surface area contributed by atoms with E-state index in [1.54, 1.807) is 0 Å². The Hall–Kier alpha value is -2.34. The van der Waals surface area contributed by atoms with Crippen molar-refractivity contribution in [3.8, 4) is 6.07 Å². The van der Waals surface area contributed by atoms with Crippen LogP contribution in [0, 0.1) is 11.3 Å². The highest BCUT2D eigenvalue weighted by Crippen LogP contribution is 2.30. The van der Waals surface area contributed by atoms with Crippen LogP contribution in [-0.2, 0) is 4.79 Å². The zero-order chi connectivity index (χ0) is 17.9. The number of nitriles is 1. The lowest BCUT2D eigenvalue weighted by molar-refractivity contribution is -0.116. The number of anilines is 1. The second-order valence-corrected chi connectivity index (χ2v) is 5.83. The van der Waals surface area contributed by atoms with Crippen LogP contribution in [-0.4, -0.2) is 22.8 Å². The summed E-state index contributed by atoms with van der Waals surface area (Å²) in [6.07, 6.45) is -4.68. The molecule has 0 heterocycles. The number of Topliss-reactive ketones (excluding diaryl/α,β-unsaturated/α-hetero) is 1. The maximum Gasteiger partial charge on any atom is 0.435 e. The number of carbonyl (C=O) groups excluding carboxylic acids is 1. The van der Waals surface area contributed by atoms with Gasteiger partial charge in [0.2, 0.25) is 0 Å². The highest BCUT2D eigenvalue weighted by atomic mass is 79.9. The van der Waals surface area contributed by atoms with Gasteiger partial charge in [0.05, 0.1) is 16.8 Å². The zero-order valence-electron chi connectivity index (χ0n) is 12.1. The lowest BCUT2D eigenvalue weighted by Crippen LogP contribution is -2.32. The molecule has 126 valence electrons. The van der Waals surface area contributed by atoms with E-state index in [2.05, 4.69) is 26.5 Å². The normalized spacial score (nSPS) is 16.1. The minimum absolute atomic E-state index is 0.00140. The third-order valence-electron chi connectivity index (χ3n) is 3.28. The molecule has 5 nitrogen and oxygen atoms in total. The average molecular weight is 402 g/mol. The van der Waals surface area contributed by atoms with Gasteiger partial charge in [-0.1, -0.05) is 0 Å². The topological polar surface area (TPSA) is 85.5 Å². The fourth-order valence-electron chi connectivity index (χ4n) is 2.15. The van der Waals surface area contributed by atoms with Crippen molar-refractivity contribution in [2.75, 3.05) is 5.43 Å². The Morgan fingerprint density at radius 3 is 2.62 bits per heavy atom. The van der Waals surface area contributed by atoms with E-state index >= 15 is 0 Å². The van der Waals surface area contributed by atoms with Crippen molar-refractivity contribution in [3.05, 3.63) is 39.6 Å². The van der Waals surface area contributed by atoms with Crippen LogP contribution in [0.3, 0.4) is 0 Å². The molecule has 0 unspecified atom stereocenters. The Morgan fingerprint density at radius 1 is 1.38 bits per heavy atom. The molecule has 1 aliphatic rings. The summed E-state index contributed by atoms with van der Waals surface area (Å²) in [6.45, 7) is 0. The number of hydrazone groups is 1. The number of ketones is 1. The number of nitrogens with one attached hydrogen (secondary N) is 1. The lowest BCUT2D eigenvalue weighted by atomic mass is 9.92. The predicted octanol–water partition coefficient (Wildman–Crippen LogP) is 4.22. The van der Waals surface area contributed by atoms with Crippen molar-refractivity contribution in [2.45, 2.75) is 25.4 Å². The average Bonchev–Trinajstić information content (AvgIpc) is 2.49. The summed E-state index contributed by atoms with van der Waals surface area (Å²) in [7, 11) is 0. The second kappa shape index (κ2) is 7.05. The standard InChI is InChI=1S/C15H11BrF3N3O2/c16-10-6-9(5-4-8(10)7-20)21-22-14(15(17,18)19)13-11(23)2-1-3-12(13)24/h4-6,21,23H,1-3H2/b22-14+. The van der Waals surface area contributed by atoms with Crippen LogP contribution in [0.1, 0.15) is 24.8 Å². The lowest BCUT2D eigenvalue weighted by Gasteiger charge is -2.18. The van der Waals surface area contributed by atoms with E-state index in [-0.39, 0.29) is 18.5 Å². The number of allylic oxidation sites excluding steroid dienone is 2. The quantitative estimate of drug-likeness (QED) is 0.586. The highest BCUT2D eigenvalue weighted by molar-refractivity contribution is 9.10. The van der Waals surface area contributed by atoms with Gasteiger partial charge in [-0.2, -0.15) is 23.5 Å². The van der Waals surface area contributed by atoms with Crippen molar-refractivity contribution >= 4 is 33.1 Å². The van der Waals surface area contributed by atoms with Gasteiger partial charge in [-0.05, 0) is 40.5 Å². The van der Waals surface area contributed by atoms with Gasteiger partial charge in [0, 0.05) is 17.3 Å². The third kappa shape index (κ3) is 3.94. The van der Waals surface area contributed by atoms with Gasteiger partial charge in [0.25, 0.3) is 0 Å². The van der Waals surface area contributed by atoms with Crippen molar-refractivity contribution in [2.24, 2.45) is 5.10 Å². The number of benzene rings is 1. The molecule has 0 spiro atoms. The highest BCUT2D eigenvalue weighted by Gasteiger charge is 2.43. The Morgan fingerprint density at radius 2 is 2.08 bits per heavy atom. The van der Waals surface area contributed by atoms with Crippen LogP contribution in [0.25, 0.3) is 0 Å². The van der Waals surface area contributed by atoms with Crippen LogP contribution in [0.5, 0.6) is 0 Å². The fourth-order valence-corrected chi connectivity index (χ4v) is 2.62. The van der Waals surface area contributed by atoms with Crippen LogP contribution in [0.2, 0.25) is 0 Å². The Balaban J connectivity index is 2.39. The van der Waals surface area contributed by atoms with Crippen molar-refractivity contribution in [3.63, 3.8) is 0 Å². The molecule has 0 bridgehead atoms. The number of aliphatic hydroxyl groups is 1. The first-order valence-corrected chi connectivity index (χ1v) is 7.59. The maximum absolute atomic E-state index is 13.2. The Labute approximate surface area is 143 Å². The maximum atomic E-state index is 13.2. The molecule has 0 amide bonds. The van der Waals surface area contributed by atoms with Gasteiger partial charge in [-0.25, -0.2) is 0 Å². The molecule has 24 heavy (non-hydrogen) atoms. The number of aliphatic hydroxyl groups excluding tert-OH is 1. The minimum atomic E-state index is -4.91. The monoisotopic (exact) mass is 401 g/mol. The minimum Gasteiger partial charge on any atom is -0.511 e. The van der Waals surface area contributed by atoms with E-state index in [9.17, 15) is 23.1 Å². The first kappa shape index (κ1) is 18.0. The summed E-state index contributed by atoms with van der Waals surface area (Å²) in [5, 5.41) is 21.8. The number of carbonyl (C=O) groups is 1. The van der Waals surface area contributed by atoms with E-state index in [0.717, 1.165) is 0 Å². The van der Waals surface area contributed by atoms with Gasteiger partial charge >= 0.3 is 6.18 Å². The zero-order valence-corrected chi connectivity index (χ0v) is 13.7. The predicted molar refractivity (Wildman–Crippen MR) is 84.5 cm³/mol. The number of alkyl halides is 3. The molecule has 0 saturated carbocycles. The SMILES string of the molecule is N#Cc1ccc(N/N=C(\C2=C(O)CCCC2=O)C(F)(F)F)cc1Br.